The van der Waals surface area contributed by atoms with E-state index >= 15 is 0 Å². The molecule has 0 spiro atoms. The minimum Gasteiger partial charge on any atom is -0.206 e. The fourth-order valence-corrected chi connectivity index (χ4v) is 7.00. The van der Waals surface area contributed by atoms with Gasteiger partial charge in [-0.1, -0.05) is 31.4 Å². The quantitative estimate of drug-likeness (QED) is 0.856. The van der Waals surface area contributed by atoms with Crippen molar-refractivity contribution in [3.63, 3.8) is 0 Å². The third kappa shape index (κ3) is 2.09. The van der Waals surface area contributed by atoms with Crippen LogP contribution in [0.5, 0.6) is 0 Å². The minimum atomic E-state index is -3.93. The van der Waals surface area contributed by atoms with Crippen molar-refractivity contribution < 1.29 is 16.8 Å². The molecule has 7 heteroatoms. The normalized spacial score (nSPS) is 25.1. The fourth-order valence-electron chi connectivity index (χ4n) is 3.00. The second-order valence-electron chi connectivity index (χ2n) is 5.10. The summed E-state index contributed by atoms with van der Waals surface area (Å²) in [6.45, 7) is 0. The van der Waals surface area contributed by atoms with Crippen LogP contribution in [0, 0.1) is 0 Å². The molecule has 1 saturated carbocycles. The molecule has 3 rings (SSSR count). The Morgan fingerprint density at radius 1 is 0.947 bits per heavy atom. The molecule has 1 aliphatic heterocycles. The van der Waals surface area contributed by atoms with Gasteiger partial charge in [-0.2, -0.15) is 0 Å². The van der Waals surface area contributed by atoms with E-state index in [1.165, 1.54) is 6.07 Å². The summed E-state index contributed by atoms with van der Waals surface area (Å²) in [4.78, 5) is -0.127. The van der Waals surface area contributed by atoms with E-state index in [1.807, 2.05) is 0 Å². The summed E-state index contributed by atoms with van der Waals surface area (Å²) >= 11 is 0. The summed E-state index contributed by atoms with van der Waals surface area (Å²) in [5.41, 5.74) is 0.658. The summed E-state index contributed by atoms with van der Waals surface area (Å²) in [7, 11) is -7.84. The first-order valence-electron chi connectivity index (χ1n) is 6.33. The van der Waals surface area contributed by atoms with E-state index in [9.17, 15) is 16.8 Å². The van der Waals surface area contributed by atoms with Crippen LogP contribution in [0.4, 0.5) is 0 Å². The summed E-state index contributed by atoms with van der Waals surface area (Å²) in [5, 5.41) is 0. The number of sulfonamides is 2. The van der Waals surface area contributed by atoms with Gasteiger partial charge in [-0.15, -0.1) is 4.13 Å². The van der Waals surface area contributed by atoms with E-state index in [0.717, 1.165) is 32.1 Å². The Bertz CT molecular complexity index is 716. The Hall–Kier alpha value is -0.920. The number of fused-ring (bicyclic) bond motifs is 1. The lowest BCUT2D eigenvalue weighted by Gasteiger charge is -2.23. The molecule has 2 aliphatic rings. The zero-order chi connectivity index (χ0) is 13.7. The summed E-state index contributed by atoms with van der Waals surface area (Å²) in [6, 6.07) is 4.73. The topological polar surface area (TPSA) is 80.3 Å². The van der Waals surface area contributed by atoms with Gasteiger partial charge in [0.25, 0.3) is 20.0 Å². The Morgan fingerprint density at radius 2 is 1.63 bits per heavy atom. The smallest absolute Gasteiger partial charge is 0.206 e. The Kier molecular flexibility index (Phi) is 2.95. The molecule has 1 aromatic rings. The number of hydrogen-bond donors (Lipinski definition) is 1. The summed E-state index contributed by atoms with van der Waals surface area (Å²) in [6.07, 6.45) is 5.13. The monoisotopic (exact) mass is 301 g/mol. The highest BCUT2D eigenvalue weighted by molar-refractivity contribution is 8.07. The predicted molar refractivity (Wildman–Crippen MR) is 69.8 cm³/mol. The van der Waals surface area contributed by atoms with E-state index in [0.29, 0.717) is 5.56 Å². The molecule has 5 nitrogen and oxygen atoms in total. The highest BCUT2D eigenvalue weighted by Gasteiger charge is 2.41. The van der Waals surface area contributed by atoms with Crippen molar-refractivity contribution >= 4 is 20.0 Å². The fraction of sp³-hybridized carbons (Fsp3) is 0.500. The molecule has 0 aromatic heterocycles. The molecule has 1 aliphatic carbocycles. The Balaban J connectivity index is 2.22. The molecule has 104 valence electrons. The van der Waals surface area contributed by atoms with Crippen LogP contribution in [-0.4, -0.2) is 16.8 Å². The van der Waals surface area contributed by atoms with Gasteiger partial charge in [-0.3, -0.25) is 0 Å². The van der Waals surface area contributed by atoms with Gasteiger partial charge >= 0.3 is 0 Å². The average molecular weight is 301 g/mol. The molecule has 0 unspecified atom stereocenters. The number of rotatable bonds is 1. The first-order valence-corrected chi connectivity index (χ1v) is 9.30. The molecule has 0 saturated heterocycles. The number of benzene rings is 1. The van der Waals surface area contributed by atoms with Crippen LogP contribution in [0.2, 0.25) is 0 Å². The highest BCUT2D eigenvalue weighted by atomic mass is 32.3. The van der Waals surface area contributed by atoms with Gasteiger partial charge in [0, 0.05) is 0 Å². The van der Waals surface area contributed by atoms with Crippen molar-refractivity contribution in [2.75, 3.05) is 0 Å². The molecular weight excluding hydrogens is 286 g/mol. The van der Waals surface area contributed by atoms with Crippen molar-refractivity contribution in [1.29, 1.82) is 0 Å². The third-order valence-electron chi connectivity index (χ3n) is 3.83. The van der Waals surface area contributed by atoms with Crippen molar-refractivity contribution in [2.45, 2.75) is 47.8 Å². The minimum absolute atomic E-state index is 0.0260. The highest BCUT2D eigenvalue weighted by Crippen LogP contribution is 2.40. The molecule has 0 bridgehead atoms. The largest absolute Gasteiger partial charge is 0.255 e. The molecule has 0 atom stereocenters. The number of nitrogens with one attached hydrogen (secondary N) is 1. The summed E-state index contributed by atoms with van der Waals surface area (Å²) < 4.78 is 49.5. The maximum absolute atomic E-state index is 12.0. The maximum atomic E-state index is 12.0. The van der Waals surface area contributed by atoms with E-state index in [1.54, 1.807) is 16.3 Å². The van der Waals surface area contributed by atoms with E-state index in [-0.39, 0.29) is 15.7 Å². The maximum Gasteiger partial charge on any atom is 0.255 e. The molecule has 19 heavy (non-hydrogen) atoms. The van der Waals surface area contributed by atoms with Crippen LogP contribution >= 0.6 is 0 Å². The van der Waals surface area contributed by atoms with Gasteiger partial charge in [0.15, 0.2) is 0 Å². The zero-order valence-corrected chi connectivity index (χ0v) is 11.9. The van der Waals surface area contributed by atoms with Gasteiger partial charge in [-0.25, -0.2) is 16.8 Å². The van der Waals surface area contributed by atoms with Gasteiger partial charge in [0.05, 0.1) is 0 Å². The van der Waals surface area contributed by atoms with E-state index in [2.05, 4.69) is 0 Å². The molecule has 1 aromatic carbocycles. The van der Waals surface area contributed by atoms with Crippen molar-refractivity contribution in [3.05, 3.63) is 23.8 Å². The van der Waals surface area contributed by atoms with Gasteiger partial charge < -0.3 is 0 Å². The van der Waals surface area contributed by atoms with E-state index < -0.39 is 20.0 Å². The van der Waals surface area contributed by atoms with Crippen molar-refractivity contribution in [2.24, 2.45) is 0 Å². The molecule has 1 fully saturated rings. The second-order valence-corrected chi connectivity index (χ2v) is 8.63. The number of hydrogen-bond acceptors (Lipinski definition) is 4. The summed E-state index contributed by atoms with van der Waals surface area (Å²) in [5.74, 6) is 0.147. The Labute approximate surface area is 113 Å². The third-order valence-corrected chi connectivity index (χ3v) is 7.63. The molecule has 1 heterocycles. The first kappa shape index (κ1) is 13.1. The zero-order valence-electron chi connectivity index (χ0n) is 10.3. The molecule has 0 amide bonds. The van der Waals surface area contributed by atoms with E-state index in [4.69, 9.17) is 0 Å². The molecule has 1 N–H and O–H groups in total. The molecular formula is C12H15NO4S2. The SMILES string of the molecule is O=S1(=O)NS(=O)(=O)c2c(C3CCCCC3)cccc21. The first-order chi connectivity index (χ1) is 8.92. The predicted octanol–water partition coefficient (Wildman–Crippen LogP) is 1.71. The van der Waals surface area contributed by atoms with Crippen molar-refractivity contribution in [3.8, 4) is 0 Å². The molecule has 0 radical (unpaired) electrons. The van der Waals surface area contributed by atoms with Gasteiger partial charge in [0.2, 0.25) is 0 Å². The average Bonchev–Trinajstić information content (AvgIpc) is 2.56. The van der Waals surface area contributed by atoms with Gasteiger partial charge in [0.1, 0.15) is 9.79 Å². The lowest BCUT2D eigenvalue weighted by atomic mass is 9.84. The van der Waals surface area contributed by atoms with Crippen LogP contribution in [0.1, 0.15) is 43.6 Å². The van der Waals surface area contributed by atoms with Crippen LogP contribution < -0.4 is 4.13 Å². The van der Waals surface area contributed by atoms with Crippen LogP contribution in [0.3, 0.4) is 0 Å². The van der Waals surface area contributed by atoms with Crippen molar-refractivity contribution in [1.82, 2.24) is 4.13 Å². The standard InChI is InChI=1S/C12H15NO4S2/c14-18(15)11-8-4-7-10(9-5-2-1-3-6-9)12(11)19(16,17)13-18/h4,7-9,13H,1-3,5-6H2. The van der Waals surface area contributed by atoms with Gasteiger partial charge in [-0.05, 0) is 30.4 Å². The van der Waals surface area contributed by atoms with Crippen LogP contribution in [0.25, 0.3) is 0 Å². The van der Waals surface area contributed by atoms with Crippen LogP contribution in [0.15, 0.2) is 28.0 Å². The lowest BCUT2D eigenvalue weighted by Crippen LogP contribution is -2.22. The second kappa shape index (κ2) is 4.29. The Morgan fingerprint density at radius 3 is 2.32 bits per heavy atom. The lowest BCUT2D eigenvalue weighted by molar-refractivity contribution is 0.437. The van der Waals surface area contributed by atoms with Crippen LogP contribution in [-0.2, 0) is 20.0 Å².